The Balaban J connectivity index is 2.34. The van der Waals surface area contributed by atoms with E-state index in [1.807, 2.05) is 19.9 Å². The summed E-state index contributed by atoms with van der Waals surface area (Å²) in [5.74, 6) is 0.568. The summed E-state index contributed by atoms with van der Waals surface area (Å²) in [6.45, 7) is 9.09. The first-order chi connectivity index (χ1) is 6.63. The Morgan fingerprint density at radius 3 is 2.50 bits per heavy atom. The second-order valence-electron chi connectivity index (χ2n) is 3.99. The number of allylic oxidation sites excluding steroid dienone is 1. The minimum absolute atomic E-state index is 0.0281. The van der Waals surface area contributed by atoms with Crippen LogP contribution in [0.5, 0.6) is 0 Å². The molecule has 0 aromatic rings. The zero-order chi connectivity index (χ0) is 10.6. The maximum Gasteiger partial charge on any atom is 0.410 e. The number of amides is 1. The molecule has 3 nitrogen and oxygen atoms in total. The molecule has 0 atom stereocenters. The fourth-order valence-electron chi connectivity index (χ4n) is 1.59. The lowest BCUT2D eigenvalue weighted by atomic mass is 9.97. The predicted molar refractivity (Wildman–Crippen MR) is 56.1 cm³/mol. The summed E-state index contributed by atoms with van der Waals surface area (Å²) in [6.07, 6.45) is 3.79. The second-order valence-corrected chi connectivity index (χ2v) is 3.99. The van der Waals surface area contributed by atoms with E-state index in [1.54, 1.807) is 4.90 Å². The summed E-state index contributed by atoms with van der Waals surface area (Å²) in [6, 6.07) is 0. The van der Waals surface area contributed by atoms with Crippen molar-refractivity contribution >= 4 is 6.09 Å². The third-order valence-electron chi connectivity index (χ3n) is 2.47. The van der Waals surface area contributed by atoms with Crippen molar-refractivity contribution in [3.63, 3.8) is 0 Å². The zero-order valence-electron chi connectivity index (χ0n) is 9.03. The lowest BCUT2D eigenvalue weighted by Crippen LogP contribution is -2.39. The number of nitrogens with zero attached hydrogens (tertiary/aromatic N) is 1. The van der Waals surface area contributed by atoms with Gasteiger partial charge >= 0.3 is 6.09 Å². The maximum absolute atomic E-state index is 11.5. The van der Waals surface area contributed by atoms with Crippen LogP contribution in [0.4, 0.5) is 4.79 Å². The van der Waals surface area contributed by atoms with Gasteiger partial charge in [-0.3, -0.25) is 0 Å². The van der Waals surface area contributed by atoms with Crippen LogP contribution < -0.4 is 0 Å². The lowest BCUT2D eigenvalue weighted by molar-refractivity contribution is 0.0679. The van der Waals surface area contributed by atoms with Crippen LogP contribution >= 0.6 is 0 Å². The van der Waals surface area contributed by atoms with Gasteiger partial charge in [0.1, 0.15) is 0 Å². The monoisotopic (exact) mass is 197 g/mol. The minimum atomic E-state index is -0.178. The highest BCUT2D eigenvalue weighted by Crippen LogP contribution is 2.18. The Bertz CT molecular complexity index is 205. The Morgan fingerprint density at radius 2 is 2.07 bits per heavy atom. The number of ether oxygens (including phenoxy) is 1. The Hall–Kier alpha value is -0.990. The van der Waals surface area contributed by atoms with Gasteiger partial charge in [-0.15, -0.1) is 6.58 Å². The Labute approximate surface area is 85.7 Å². The van der Waals surface area contributed by atoms with Crippen LogP contribution in [0.2, 0.25) is 0 Å². The molecular formula is C11H19NO2. The van der Waals surface area contributed by atoms with E-state index in [0.29, 0.717) is 5.92 Å². The molecule has 1 heterocycles. The average molecular weight is 197 g/mol. The van der Waals surface area contributed by atoms with Crippen molar-refractivity contribution in [1.29, 1.82) is 0 Å². The van der Waals surface area contributed by atoms with Crippen molar-refractivity contribution in [1.82, 2.24) is 4.90 Å². The maximum atomic E-state index is 11.5. The van der Waals surface area contributed by atoms with Gasteiger partial charge in [0.05, 0.1) is 6.10 Å². The van der Waals surface area contributed by atoms with Crippen LogP contribution in [0.3, 0.4) is 0 Å². The molecule has 0 unspecified atom stereocenters. The van der Waals surface area contributed by atoms with E-state index < -0.39 is 0 Å². The molecule has 1 rings (SSSR count). The largest absolute Gasteiger partial charge is 0.447 e. The molecule has 3 heteroatoms. The molecule has 0 saturated carbocycles. The quantitative estimate of drug-likeness (QED) is 0.636. The lowest BCUT2D eigenvalue weighted by Gasteiger charge is -2.30. The van der Waals surface area contributed by atoms with Crippen molar-refractivity contribution in [2.24, 2.45) is 5.92 Å². The molecule has 0 N–H and O–H groups in total. The number of hydrogen-bond donors (Lipinski definition) is 0. The fourth-order valence-corrected chi connectivity index (χ4v) is 1.59. The highest BCUT2D eigenvalue weighted by molar-refractivity contribution is 5.67. The van der Waals surface area contributed by atoms with E-state index in [1.165, 1.54) is 0 Å². The Morgan fingerprint density at radius 1 is 1.50 bits per heavy atom. The number of hydrogen-bond acceptors (Lipinski definition) is 2. The van der Waals surface area contributed by atoms with Crippen LogP contribution in [0.15, 0.2) is 12.7 Å². The summed E-state index contributed by atoms with van der Waals surface area (Å²) in [4.78, 5) is 13.3. The summed E-state index contributed by atoms with van der Waals surface area (Å²) in [5.41, 5.74) is 0. The predicted octanol–water partition coefficient (Wildman–Crippen LogP) is 2.43. The molecule has 0 spiro atoms. The first-order valence-corrected chi connectivity index (χ1v) is 5.21. The van der Waals surface area contributed by atoms with Crippen molar-refractivity contribution in [2.75, 3.05) is 13.1 Å². The topological polar surface area (TPSA) is 29.5 Å². The summed E-state index contributed by atoms with van der Waals surface area (Å²) >= 11 is 0. The van der Waals surface area contributed by atoms with E-state index in [4.69, 9.17) is 4.74 Å². The third-order valence-corrected chi connectivity index (χ3v) is 2.47. The summed E-state index contributed by atoms with van der Waals surface area (Å²) < 4.78 is 5.12. The van der Waals surface area contributed by atoms with Gasteiger partial charge in [0.15, 0.2) is 0 Å². The molecule has 1 amide bonds. The molecule has 1 aliphatic heterocycles. The number of rotatable bonds is 2. The van der Waals surface area contributed by atoms with Gasteiger partial charge in [0.2, 0.25) is 0 Å². The number of piperidine rings is 1. The molecular weight excluding hydrogens is 178 g/mol. The molecule has 1 saturated heterocycles. The standard InChI is InChI=1S/C11H19NO2/c1-4-10-5-7-12(8-6-10)11(13)14-9(2)3/h4,9-10H,1,5-8H2,2-3H3. The Kier molecular flexibility index (Phi) is 3.98. The zero-order valence-corrected chi connectivity index (χ0v) is 9.03. The van der Waals surface area contributed by atoms with Crippen LogP contribution in [0.1, 0.15) is 26.7 Å². The molecule has 80 valence electrons. The molecule has 1 aliphatic rings. The molecule has 0 aromatic carbocycles. The normalized spacial score (nSPS) is 18.4. The molecule has 0 aliphatic carbocycles. The van der Waals surface area contributed by atoms with Crippen molar-refractivity contribution < 1.29 is 9.53 Å². The third kappa shape index (κ3) is 3.05. The molecule has 0 radical (unpaired) electrons. The number of carbonyl (C=O) groups excluding carboxylic acids is 1. The smallest absolute Gasteiger partial charge is 0.410 e. The summed E-state index contributed by atoms with van der Waals surface area (Å²) in [7, 11) is 0. The fraction of sp³-hybridized carbons (Fsp3) is 0.727. The molecule has 1 fully saturated rings. The van der Waals surface area contributed by atoms with E-state index in [0.717, 1.165) is 25.9 Å². The van der Waals surface area contributed by atoms with E-state index in [-0.39, 0.29) is 12.2 Å². The van der Waals surface area contributed by atoms with Gasteiger partial charge < -0.3 is 9.64 Å². The molecule has 14 heavy (non-hydrogen) atoms. The van der Waals surface area contributed by atoms with Crippen LogP contribution in [0.25, 0.3) is 0 Å². The average Bonchev–Trinajstić information content (AvgIpc) is 2.17. The van der Waals surface area contributed by atoms with Gasteiger partial charge in [-0.25, -0.2) is 4.79 Å². The van der Waals surface area contributed by atoms with E-state index in [2.05, 4.69) is 6.58 Å². The van der Waals surface area contributed by atoms with E-state index >= 15 is 0 Å². The van der Waals surface area contributed by atoms with Crippen LogP contribution in [-0.2, 0) is 4.74 Å². The van der Waals surface area contributed by atoms with Gasteiger partial charge in [0, 0.05) is 13.1 Å². The van der Waals surface area contributed by atoms with Crippen molar-refractivity contribution in [2.45, 2.75) is 32.8 Å². The SMILES string of the molecule is C=CC1CCN(C(=O)OC(C)C)CC1. The highest BCUT2D eigenvalue weighted by Gasteiger charge is 2.22. The van der Waals surface area contributed by atoms with Gasteiger partial charge in [0.25, 0.3) is 0 Å². The van der Waals surface area contributed by atoms with Gasteiger partial charge in [-0.05, 0) is 32.6 Å². The molecule has 0 aromatic heterocycles. The first kappa shape index (κ1) is 11.1. The van der Waals surface area contributed by atoms with Gasteiger partial charge in [-0.1, -0.05) is 6.08 Å². The second kappa shape index (κ2) is 5.03. The van der Waals surface area contributed by atoms with E-state index in [9.17, 15) is 4.79 Å². The van der Waals surface area contributed by atoms with Crippen molar-refractivity contribution in [3.05, 3.63) is 12.7 Å². The first-order valence-electron chi connectivity index (χ1n) is 5.21. The van der Waals surface area contributed by atoms with Crippen LogP contribution in [0, 0.1) is 5.92 Å². The summed E-state index contributed by atoms with van der Waals surface area (Å²) in [5, 5.41) is 0. The minimum Gasteiger partial charge on any atom is -0.447 e. The highest BCUT2D eigenvalue weighted by atomic mass is 16.6. The van der Waals surface area contributed by atoms with Crippen molar-refractivity contribution in [3.8, 4) is 0 Å². The number of likely N-dealkylation sites (tertiary alicyclic amines) is 1. The number of carbonyl (C=O) groups is 1. The van der Waals surface area contributed by atoms with Gasteiger partial charge in [-0.2, -0.15) is 0 Å². The van der Waals surface area contributed by atoms with Crippen LogP contribution in [-0.4, -0.2) is 30.2 Å². The molecule has 0 bridgehead atoms.